The number of aromatic nitrogens is 1. The minimum Gasteiger partial charge on any atom is -0.449 e. The molecule has 0 saturated carbocycles. The third-order valence-electron chi connectivity index (χ3n) is 6.31. The normalized spacial score (nSPS) is 17.2. The van der Waals surface area contributed by atoms with E-state index in [4.69, 9.17) is 10.00 Å². The van der Waals surface area contributed by atoms with Crippen molar-refractivity contribution in [3.8, 4) is 17.2 Å². The highest BCUT2D eigenvalue weighted by molar-refractivity contribution is 5.79. The maximum atomic E-state index is 12.6. The first-order valence-corrected chi connectivity index (χ1v) is 11.0. The van der Waals surface area contributed by atoms with Crippen LogP contribution in [0.2, 0.25) is 0 Å². The van der Waals surface area contributed by atoms with Gasteiger partial charge in [-0.2, -0.15) is 5.26 Å². The van der Waals surface area contributed by atoms with Crippen molar-refractivity contribution in [1.82, 2.24) is 10.3 Å². The lowest BCUT2D eigenvalue weighted by Gasteiger charge is -2.34. The highest BCUT2D eigenvalue weighted by Gasteiger charge is 2.29. The number of pyridine rings is 1. The first-order chi connectivity index (χ1) is 15.7. The molecule has 0 radical (unpaired) electrons. The molecule has 1 saturated heterocycles. The quantitative estimate of drug-likeness (QED) is 0.669. The standard InChI is InChI=1S/C26H24N4O2/c27-14-18-11-12-20(15-28-18)30-13-5-6-19(16-30)29-26(31)32-17-25-23-9-3-1-7-21(23)22-8-2-4-10-24(22)25/h1-4,7-12,15,19,25H,5-6,13,16-17H2,(H,29,31). The lowest BCUT2D eigenvalue weighted by atomic mass is 9.98. The van der Waals surface area contributed by atoms with Gasteiger partial charge in [0.1, 0.15) is 18.4 Å². The van der Waals surface area contributed by atoms with Gasteiger partial charge in [0.2, 0.25) is 0 Å². The maximum absolute atomic E-state index is 12.6. The molecule has 1 N–H and O–H groups in total. The van der Waals surface area contributed by atoms with Crippen LogP contribution in [0.1, 0.15) is 35.6 Å². The molecule has 2 aliphatic rings. The van der Waals surface area contributed by atoms with Crippen LogP contribution in [0.4, 0.5) is 10.5 Å². The van der Waals surface area contributed by atoms with E-state index in [9.17, 15) is 4.79 Å². The molecule has 0 bridgehead atoms. The molecule has 1 aromatic heterocycles. The number of fused-ring (bicyclic) bond motifs is 3. The zero-order chi connectivity index (χ0) is 21.9. The zero-order valence-electron chi connectivity index (χ0n) is 17.7. The highest BCUT2D eigenvalue weighted by atomic mass is 16.5. The minimum atomic E-state index is -0.378. The van der Waals surface area contributed by atoms with E-state index in [1.54, 1.807) is 12.3 Å². The maximum Gasteiger partial charge on any atom is 0.407 e. The van der Waals surface area contributed by atoms with Crippen LogP contribution in [-0.4, -0.2) is 36.8 Å². The number of nitriles is 1. The first kappa shape index (κ1) is 20.1. The Morgan fingerprint density at radius 2 is 1.81 bits per heavy atom. The predicted molar refractivity (Wildman–Crippen MR) is 122 cm³/mol. The van der Waals surface area contributed by atoms with Gasteiger partial charge >= 0.3 is 6.09 Å². The molecule has 6 heteroatoms. The Morgan fingerprint density at radius 3 is 2.47 bits per heavy atom. The van der Waals surface area contributed by atoms with Gasteiger partial charge in [-0.05, 0) is 47.2 Å². The van der Waals surface area contributed by atoms with Gasteiger partial charge < -0.3 is 15.0 Å². The number of hydrogen-bond donors (Lipinski definition) is 1. The van der Waals surface area contributed by atoms with Crippen molar-refractivity contribution < 1.29 is 9.53 Å². The van der Waals surface area contributed by atoms with E-state index in [2.05, 4.69) is 39.5 Å². The summed E-state index contributed by atoms with van der Waals surface area (Å²) in [4.78, 5) is 19.0. The molecular formula is C26H24N4O2. The third-order valence-corrected chi connectivity index (χ3v) is 6.31. The van der Waals surface area contributed by atoms with E-state index in [1.165, 1.54) is 22.3 Å². The molecule has 32 heavy (non-hydrogen) atoms. The van der Waals surface area contributed by atoms with Gasteiger partial charge in [-0.3, -0.25) is 0 Å². The molecule has 0 spiro atoms. The summed E-state index contributed by atoms with van der Waals surface area (Å²) in [5.74, 6) is 0.0562. The van der Waals surface area contributed by atoms with E-state index in [0.717, 1.165) is 25.1 Å². The van der Waals surface area contributed by atoms with E-state index in [-0.39, 0.29) is 18.1 Å². The van der Waals surface area contributed by atoms with Crippen molar-refractivity contribution in [2.24, 2.45) is 0 Å². The fourth-order valence-electron chi connectivity index (χ4n) is 4.78. The molecule has 1 fully saturated rings. The van der Waals surface area contributed by atoms with Gasteiger partial charge in [-0.15, -0.1) is 0 Å². The number of nitrogens with one attached hydrogen (secondary N) is 1. The van der Waals surface area contributed by atoms with Crippen molar-refractivity contribution in [3.63, 3.8) is 0 Å². The van der Waals surface area contributed by atoms with Crippen LogP contribution in [0.15, 0.2) is 66.9 Å². The predicted octanol–water partition coefficient (Wildman–Crippen LogP) is 4.46. The minimum absolute atomic E-state index is 0.00930. The zero-order valence-corrected chi connectivity index (χ0v) is 17.7. The van der Waals surface area contributed by atoms with Crippen LogP contribution in [0.3, 0.4) is 0 Å². The van der Waals surface area contributed by atoms with Crippen LogP contribution in [0, 0.1) is 11.3 Å². The summed E-state index contributed by atoms with van der Waals surface area (Å²) < 4.78 is 5.70. The summed E-state index contributed by atoms with van der Waals surface area (Å²) in [7, 11) is 0. The second kappa shape index (κ2) is 8.72. The van der Waals surface area contributed by atoms with Crippen LogP contribution in [0.25, 0.3) is 11.1 Å². The number of nitrogens with zero attached hydrogens (tertiary/aromatic N) is 3. The Balaban J connectivity index is 1.20. The van der Waals surface area contributed by atoms with Crippen LogP contribution < -0.4 is 10.2 Å². The van der Waals surface area contributed by atoms with Crippen LogP contribution in [0.5, 0.6) is 0 Å². The van der Waals surface area contributed by atoms with E-state index >= 15 is 0 Å². The summed E-state index contributed by atoms with van der Waals surface area (Å²) in [5, 5.41) is 12.0. The number of carbonyl (C=O) groups excluding carboxylic acids is 1. The Labute approximate surface area is 187 Å². The van der Waals surface area contributed by atoms with Crippen LogP contribution in [-0.2, 0) is 4.74 Å². The number of hydrogen-bond acceptors (Lipinski definition) is 5. The van der Waals surface area contributed by atoms with E-state index in [0.29, 0.717) is 18.8 Å². The molecule has 160 valence electrons. The molecule has 1 aliphatic heterocycles. The van der Waals surface area contributed by atoms with Crippen molar-refractivity contribution in [1.29, 1.82) is 5.26 Å². The first-order valence-electron chi connectivity index (χ1n) is 11.0. The number of ether oxygens (including phenoxy) is 1. The molecule has 5 rings (SSSR count). The Morgan fingerprint density at radius 1 is 1.09 bits per heavy atom. The number of rotatable bonds is 4. The number of piperidine rings is 1. The third kappa shape index (κ3) is 3.90. The Bertz CT molecular complexity index is 1120. The molecule has 1 aliphatic carbocycles. The molecule has 1 unspecified atom stereocenters. The van der Waals surface area contributed by atoms with Crippen LogP contribution >= 0.6 is 0 Å². The topological polar surface area (TPSA) is 78.2 Å². The Hall–Kier alpha value is -3.85. The molecule has 2 aromatic carbocycles. The molecule has 6 nitrogen and oxygen atoms in total. The lowest BCUT2D eigenvalue weighted by Crippen LogP contribution is -2.48. The average molecular weight is 425 g/mol. The molecule has 1 atom stereocenters. The number of anilines is 1. The summed E-state index contributed by atoms with van der Waals surface area (Å²) in [6.45, 7) is 1.91. The fraction of sp³-hybridized carbons (Fsp3) is 0.269. The number of carbonyl (C=O) groups is 1. The van der Waals surface area contributed by atoms with E-state index in [1.807, 2.05) is 36.4 Å². The van der Waals surface area contributed by atoms with Gasteiger partial charge in [-0.1, -0.05) is 48.5 Å². The molecule has 1 amide bonds. The largest absolute Gasteiger partial charge is 0.449 e. The number of alkyl carbamates (subject to hydrolysis) is 1. The van der Waals surface area contributed by atoms with Gasteiger partial charge in [0.15, 0.2) is 0 Å². The van der Waals surface area contributed by atoms with E-state index < -0.39 is 0 Å². The SMILES string of the molecule is N#Cc1ccc(N2CCCC(NC(=O)OCC3c4ccccc4-c4ccccc43)C2)cn1. The van der Waals surface area contributed by atoms with Crippen molar-refractivity contribution in [2.75, 3.05) is 24.6 Å². The van der Waals surface area contributed by atoms with Gasteiger partial charge in [0.05, 0.1) is 11.9 Å². The van der Waals surface area contributed by atoms with Gasteiger partial charge in [-0.25, -0.2) is 9.78 Å². The highest BCUT2D eigenvalue weighted by Crippen LogP contribution is 2.44. The smallest absolute Gasteiger partial charge is 0.407 e. The average Bonchev–Trinajstić information content (AvgIpc) is 3.17. The Kier molecular flexibility index (Phi) is 5.47. The lowest BCUT2D eigenvalue weighted by molar-refractivity contribution is 0.138. The van der Waals surface area contributed by atoms with Crippen molar-refractivity contribution >= 4 is 11.8 Å². The number of benzene rings is 2. The molecule has 2 heterocycles. The second-order valence-electron chi connectivity index (χ2n) is 8.27. The molecule has 3 aromatic rings. The molecular weight excluding hydrogens is 400 g/mol. The summed E-state index contributed by atoms with van der Waals surface area (Å²) in [5.41, 5.74) is 6.21. The van der Waals surface area contributed by atoms with Gasteiger partial charge in [0.25, 0.3) is 0 Å². The second-order valence-corrected chi connectivity index (χ2v) is 8.27. The number of amides is 1. The van der Waals surface area contributed by atoms with Gasteiger partial charge in [0, 0.05) is 25.0 Å². The van der Waals surface area contributed by atoms with Crippen molar-refractivity contribution in [2.45, 2.75) is 24.8 Å². The fourth-order valence-corrected chi connectivity index (χ4v) is 4.78. The van der Waals surface area contributed by atoms with Crippen molar-refractivity contribution in [3.05, 3.63) is 83.7 Å². The summed E-state index contributed by atoms with van der Waals surface area (Å²) in [6, 6.07) is 22.3. The summed E-state index contributed by atoms with van der Waals surface area (Å²) in [6.07, 6.45) is 3.21. The summed E-state index contributed by atoms with van der Waals surface area (Å²) >= 11 is 0. The monoisotopic (exact) mass is 424 g/mol.